The van der Waals surface area contributed by atoms with Crippen molar-refractivity contribution in [3.05, 3.63) is 52.3 Å². The zero-order valence-corrected chi connectivity index (χ0v) is 11.0. The summed E-state index contributed by atoms with van der Waals surface area (Å²) in [4.78, 5) is 0. The smallest absolute Gasteiger partial charge is 0.170 e. The Balaban J connectivity index is 2.90. The maximum absolute atomic E-state index is 14.1. The van der Waals surface area contributed by atoms with Crippen molar-refractivity contribution in [1.82, 2.24) is 0 Å². The topological polar surface area (TPSA) is 0 Å². The second-order valence-corrected chi connectivity index (χ2v) is 4.67. The second kappa shape index (κ2) is 4.92. The van der Waals surface area contributed by atoms with E-state index in [0.29, 0.717) is 11.5 Å². The normalized spacial score (nSPS) is 10.9. The molecule has 0 unspecified atom stereocenters. The van der Waals surface area contributed by atoms with Crippen LogP contribution in [0.5, 0.6) is 0 Å². The Bertz CT molecular complexity index is 648. The number of rotatable bonds is 1. The number of halogens is 5. The highest BCUT2D eigenvalue weighted by atomic mass is 19.2. The van der Waals surface area contributed by atoms with Crippen LogP contribution in [0.4, 0.5) is 22.0 Å². The van der Waals surface area contributed by atoms with Crippen molar-refractivity contribution in [2.24, 2.45) is 0 Å². The van der Waals surface area contributed by atoms with Gasteiger partial charge in [0.25, 0.3) is 0 Å². The van der Waals surface area contributed by atoms with Gasteiger partial charge in [-0.05, 0) is 37.1 Å². The molecule has 0 aliphatic carbocycles. The van der Waals surface area contributed by atoms with Gasteiger partial charge in [0.2, 0.25) is 0 Å². The summed E-state index contributed by atoms with van der Waals surface area (Å²) in [6, 6.07) is 1.67. The molecule has 2 aromatic carbocycles. The minimum Gasteiger partial charge on any atom is -0.206 e. The molecule has 0 atom stereocenters. The van der Waals surface area contributed by atoms with Crippen molar-refractivity contribution in [3.63, 3.8) is 0 Å². The van der Waals surface area contributed by atoms with Crippen LogP contribution in [-0.4, -0.2) is 7.85 Å². The predicted octanol–water partition coefficient (Wildman–Crippen LogP) is 2.92. The molecule has 0 N–H and O–H groups in total. The first kappa shape index (κ1) is 14.6. The van der Waals surface area contributed by atoms with Crippen LogP contribution in [0.3, 0.4) is 0 Å². The molecule has 20 heavy (non-hydrogen) atoms. The lowest BCUT2D eigenvalue weighted by atomic mass is 9.87. The van der Waals surface area contributed by atoms with Crippen LogP contribution in [0, 0.1) is 42.9 Å². The molecular weight excluding hydrogens is 274 g/mol. The average molecular weight is 284 g/mol. The van der Waals surface area contributed by atoms with Gasteiger partial charge in [0.15, 0.2) is 11.6 Å². The van der Waals surface area contributed by atoms with E-state index in [9.17, 15) is 22.0 Å². The largest absolute Gasteiger partial charge is 0.206 e. The van der Waals surface area contributed by atoms with Gasteiger partial charge in [0, 0.05) is 0 Å². The van der Waals surface area contributed by atoms with Crippen LogP contribution in [0.2, 0.25) is 0 Å². The average Bonchev–Trinajstić information content (AvgIpc) is 2.37. The van der Waals surface area contributed by atoms with Gasteiger partial charge >= 0.3 is 0 Å². The third-order valence-electron chi connectivity index (χ3n) is 3.31. The second-order valence-electron chi connectivity index (χ2n) is 4.67. The fourth-order valence-electron chi connectivity index (χ4n) is 2.01. The van der Waals surface area contributed by atoms with Crippen LogP contribution in [0.15, 0.2) is 12.1 Å². The molecule has 0 aromatic heterocycles. The molecule has 0 saturated heterocycles. The van der Waals surface area contributed by atoms with Gasteiger partial charge in [0.1, 0.15) is 25.3 Å². The minimum atomic E-state index is -1.59. The summed E-state index contributed by atoms with van der Waals surface area (Å²) < 4.78 is 69.2. The lowest BCUT2D eigenvalue weighted by molar-refractivity contribution is 0.489. The van der Waals surface area contributed by atoms with Crippen LogP contribution < -0.4 is 5.46 Å². The molecule has 104 valence electrons. The minimum absolute atomic E-state index is 0.0567. The van der Waals surface area contributed by atoms with Crippen LogP contribution in [-0.2, 0) is 0 Å². The summed E-state index contributed by atoms with van der Waals surface area (Å²) >= 11 is 0. The third-order valence-corrected chi connectivity index (χ3v) is 3.31. The fourth-order valence-corrected chi connectivity index (χ4v) is 2.01. The molecule has 0 nitrogen and oxygen atoms in total. The Kier molecular flexibility index (Phi) is 3.58. The van der Waals surface area contributed by atoms with E-state index in [-0.39, 0.29) is 11.1 Å². The molecule has 0 heterocycles. The lowest BCUT2D eigenvalue weighted by Gasteiger charge is -2.13. The van der Waals surface area contributed by atoms with Crippen molar-refractivity contribution >= 4 is 13.3 Å². The molecule has 2 aromatic rings. The van der Waals surface area contributed by atoms with Gasteiger partial charge in [-0.15, -0.1) is 0 Å². The number of hydrogen-bond donors (Lipinski definition) is 0. The highest BCUT2D eigenvalue weighted by Gasteiger charge is 2.25. The van der Waals surface area contributed by atoms with E-state index in [2.05, 4.69) is 0 Å². The molecule has 0 fully saturated rings. The number of benzene rings is 2. The number of aryl methyl sites for hydroxylation is 1. The lowest BCUT2D eigenvalue weighted by Crippen LogP contribution is -2.13. The Labute approximate surface area is 113 Å². The van der Waals surface area contributed by atoms with Crippen molar-refractivity contribution in [1.29, 1.82) is 0 Å². The van der Waals surface area contributed by atoms with E-state index in [1.807, 2.05) is 0 Å². The zero-order chi connectivity index (χ0) is 15.2. The molecule has 0 aliphatic heterocycles. The third kappa shape index (κ3) is 2.09. The first-order valence-corrected chi connectivity index (χ1v) is 5.85. The fraction of sp³-hybridized carbons (Fsp3) is 0.143. The van der Waals surface area contributed by atoms with E-state index in [4.69, 9.17) is 0 Å². The van der Waals surface area contributed by atoms with Gasteiger partial charge in [-0.25, -0.2) is 22.0 Å². The summed E-state index contributed by atoms with van der Waals surface area (Å²) in [5.41, 5.74) is -1.82. The summed E-state index contributed by atoms with van der Waals surface area (Å²) in [7, 11) is 1.47. The maximum atomic E-state index is 14.1. The van der Waals surface area contributed by atoms with E-state index in [1.165, 1.54) is 21.7 Å². The first-order valence-electron chi connectivity index (χ1n) is 5.85. The molecule has 2 rings (SSSR count). The monoisotopic (exact) mass is 284 g/mol. The highest BCUT2D eigenvalue weighted by molar-refractivity contribution is 6.33. The SMILES string of the molecule is Bc1cc(F)c(-c2c(F)cc(C)c(F)c2F)c(F)c1C. The van der Waals surface area contributed by atoms with Gasteiger partial charge in [-0.1, -0.05) is 5.46 Å². The van der Waals surface area contributed by atoms with Crippen molar-refractivity contribution in [3.8, 4) is 11.1 Å². The summed E-state index contributed by atoms with van der Waals surface area (Å²) in [5, 5.41) is 0. The number of hydrogen-bond acceptors (Lipinski definition) is 0. The van der Waals surface area contributed by atoms with Crippen LogP contribution in [0.25, 0.3) is 11.1 Å². The van der Waals surface area contributed by atoms with Crippen molar-refractivity contribution in [2.75, 3.05) is 0 Å². The zero-order valence-electron chi connectivity index (χ0n) is 11.0. The van der Waals surface area contributed by atoms with Crippen molar-refractivity contribution < 1.29 is 22.0 Å². The van der Waals surface area contributed by atoms with E-state index >= 15 is 0 Å². The molecule has 0 saturated carbocycles. The molecule has 0 radical (unpaired) electrons. The Morgan fingerprint density at radius 1 is 0.750 bits per heavy atom. The van der Waals surface area contributed by atoms with Crippen LogP contribution in [0.1, 0.15) is 11.1 Å². The molecule has 0 aliphatic rings. The van der Waals surface area contributed by atoms with Crippen molar-refractivity contribution in [2.45, 2.75) is 13.8 Å². The first-order chi connectivity index (χ1) is 9.25. The Hall–Kier alpha value is -1.85. The molecule has 0 amide bonds. The van der Waals surface area contributed by atoms with E-state index in [0.717, 1.165) is 6.07 Å². The predicted molar refractivity (Wildman–Crippen MR) is 69.3 cm³/mol. The molecule has 0 spiro atoms. The standard InChI is InChI=1S/C14H10BF5/c1-5-3-8(16)11(14(20)12(5)18)10-9(17)4-7(15)6(2)13(10)19/h3-4H,15H2,1-2H3. The quantitative estimate of drug-likeness (QED) is 0.429. The summed E-state index contributed by atoms with van der Waals surface area (Å²) in [5.74, 6) is -6.35. The summed E-state index contributed by atoms with van der Waals surface area (Å²) in [6.45, 7) is 2.52. The molecule has 6 heteroatoms. The molecule has 0 bridgehead atoms. The van der Waals surface area contributed by atoms with Gasteiger partial charge in [-0.3, -0.25) is 0 Å². The van der Waals surface area contributed by atoms with Gasteiger partial charge in [0.05, 0.1) is 11.1 Å². The molecular formula is C14H10BF5. The van der Waals surface area contributed by atoms with Gasteiger partial charge in [-0.2, -0.15) is 0 Å². The van der Waals surface area contributed by atoms with Gasteiger partial charge < -0.3 is 0 Å². The highest BCUT2D eigenvalue weighted by Crippen LogP contribution is 2.33. The van der Waals surface area contributed by atoms with E-state index in [1.54, 1.807) is 0 Å². The Morgan fingerprint density at radius 2 is 1.25 bits per heavy atom. The Morgan fingerprint density at radius 3 is 1.85 bits per heavy atom. The maximum Gasteiger partial charge on any atom is 0.170 e. The summed E-state index contributed by atoms with van der Waals surface area (Å²) in [6.07, 6.45) is 0. The van der Waals surface area contributed by atoms with E-state index < -0.39 is 40.2 Å². The van der Waals surface area contributed by atoms with Crippen LogP contribution >= 0.6 is 0 Å².